The highest BCUT2D eigenvalue weighted by Gasteiger charge is 2.15. The van der Waals surface area contributed by atoms with Gasteiger partial charge in [-0.15, -0.1) is 0 Å². The van der Waals surface area contributed by atoms with Crippen LogP contribution in [0.1, 0.15) is 30.8 Å². The molecule has 0 aliphatic heterocycles. The first kappa shape index (κ1) is 22.4. The van der Waals surface area contributed by atoms with Gasteiger partial charge in [-0.3, -0.25) is 0 Å². The Kier molecular flexibility index (Phi) is 7.32. The highest BCUT2D eigenvalue weighted by Crippen LogP contribution is 2.38. The first-order chi connectivity index (χ1) is 14.9. The molecule has 0 fully saturated rings. The Labute approximate surface area is 188 Å². The number of aromatic nitrogens is 2. The summed E-state index contributed by atoms with van der Waals surface area (Å²) in [5, 5.41) is 9.72. The number of ether oxygens (including phenoxy) is 3. The SMILES string of the molecule is CCOC(=O)COc1c(Br)cc(/C=C(/C#N)c2nc3ccc(C)cc3[nH]2)cc1OCC. The van der Waals surface area contributed by atoms with E-state index in [1.807, 2.05) is 32.0 Å². The van der Waals surface area contributed by atoms with E-state index in [0.29, 0.717) is 39.5 Å². The first-order valence-electron chi connectivity index (χ1n) is 9.78. The molecular weight excluding hydrogens is 462 g/mol. The maximum absolute atomic E-state index is 11.6. The van der Waals surface area contributed by atoms with Crippen molar-refractivity contribution in [2.75, 3.05) is 19.8 Å². The molecule has 160 valence electrons. The van der Waals surface area contributed by atoms with Gasteiger partial charge in [0.05, 0.1) is 34.3 Å². The molecule has 0 radical (unpaired) electrons. The first-order valence-corrected chi connectivity index (χ1v) is 10.6. The highest BCUT2D eigenvalue weighted by molar-refractivity contribution is 9.10. The molecule has 0 saturated heterocycles. The molecular formula is C23H22BrN3O4. The van der Waals surface area contributed by atoms with Crippen molar-refractivity contribution in [3.63, 3.8) is 0 Å². The van der Waals surface area contributed by atoms with E-state index >= 15 is 0 Å². The van der Waals surface area contributed by atoms with Crippen molar-refractivity contribution in [2.45, 2.75) is 20.8 Å². The van der Waals surface area contributed by atoms with Crippen LogP contribution >= 0.6 is 15.9 Å². The van der Waals surface area contributed by atoms with Gasteiger partial charge in [0.15, 0.2) is 18.1 Å². The quantitative estimate of drug-likeness (QED) is 0.356. The van der Waals surface area contributed by atoms with Gasteiger partial charge in [0.2, 0.25) is 0 Å². The third-order valence-electron chi connectivity index (χ3n) is 4.30. The number of hydrogen-bond acceptors (Lipinski definition) is 6. The highest BCUT2D eigenvalue weighted by atomic mass is 79.9. The normalized spacial score (nSPS) is 11.3. The minimum absolute atomic E-state index is 0.233. The van der Waals surface area contributed by atoms with Gasteiger partial charge < -0.3 is 19.2 Å². The summed E-state index contributed by atoms with van der Waals surface area (Å²) < 4.78 is 16.8. The molecule has 1 N–H and O–H groups in total. The lowest BCUT2D eigenvalue weighted by atomic mass is 10.1. The number of carbonyl (C=O) groups is 1. The van der Waals surface area contributed by atoms with E-state index in [1.54, 1.807) is 25.1 Å². The summed E-state index contributed by atoms with van der Waals surface area (Å²) in [4.78, 5) is 19.4. The van der Waals surface area contributed by atoms with E-state index in [2.05, 4.69) is 32.0 Å². The number of rotatable bonds is 8. The van der Waals surface area contributed by atoms with Crippen LogP contribution in [0.5, 0.6) is 11.5 Å². The number of allylic oxidation sites excluding steroid dienone is 1. The number of aromatic amines is 1. The van der Waals surface area contributed by atoms with Crippen molar-refractivity contribution in [1.82, 2.24) is 9.97 Å². The molecule has 7 nitrogen and oxygen atoms in total. The number of carbonyl (C=O) groups excluding carboxylic acids is 1. The van der Waals surface area contributed by atoms with Crippen LogP contribution in [0, 0.1) is 18.3 Å². The average Bonchev–Trinajstić information content (AvgIpc) is 3.14. The van der Waals surface area contributed by atoms with Crippen molar-refractivity contribution in [1.29, 1.82) is 5.26 Å². The number of H-pyrrole nitrogens is 1. The third kappa shape index (κ3) is 5.44. The van der Waals surface area contributed by atoms with Gasteiger partial charge in [-0.25, -0.2) is 9.78 Å². The number of nitriles is 1. The van der Waals surface area contributed by atoms with Crippen LogP contribution in [-0.4, -0.2) is 35.8 Å². The van der Waals surface area contributed by atoms with Gasteiger partial charge >= 0.3 is 5.97 Å². The lowest BCUT2D eigenvalue weighted by molar-refractivity contribution is -0.145. The van der Waals surface area contributed by atoms with E-state index in [0.717, 1.165) is 16.6 Å². The van der Waals surface area contributed by atoms with Crippen LogP contribution in [0.2, 0.25) is 0 Å². The smallest absolute Gasteiger partial charge is 0.344 e. The number of nitrogens with zero attached hydrogens (tertiary/aromatic N) is 2. The maximum atomic E-state index is 11.6. The Morgan fingerprint density at radius 3 is 2.74 bits per heavy atom. The molecule has 0 amide bonds. The number of imidazole rings is 1. The van der Waals surface area contributed by atoms with E-state index in [-0.39, 0.29) is 13.2 Å². The van der Waals surface area contributed by atoms with E-state index in [4.69, 9.17) is 14.2 Å². The van der Waals surface area contributed by atoms with Crippen LogP contribution in [0.25, 0.3) is 22.7 Å². The van der Waals surface area contributed by atoms with E-state index in [1.165, 1.54) is 0 Å². The average molecular weight is 484 g/mol. The molecule has 1 aromatic heterocycles. The summed E-state index contributed by atoms with van der Waals surface area (Å²) in [7, 11) is 0. The number of halogens is 1. The topological polar surface area (TPSA) is 97.2 Å². The second-order valence-electron chi connectivity index (χ2n) is 6.63. The molecule has 0 atom stereocenters. The molecule has 3 rings (SSSR count). The summed E-state index contributed by atoms with van der Waals surface area (Å²) in [5.41, 5.74) is 3.86. The molecule has 8 heteroatoms. The van der Waals surface area contributed by atoms with Crippen molar-refractivity contribution < 1.29 is 19.0 Å². The summed E-state index contributed by atoms with van der Waals surface area (Å²) in [6, 6.07) is 11.6. The molecule has 1 heterocycles. The molecule has 0 saturated carbocycles. The predicted molar refractivity (Wildman–Crippen MR) is 122 cm³/mol. The molecule has 0 spiro atoms. The molecule has 0 aliphatic rings. The van der Waals surface area contributed by atoms with Gasteiger partial charge in [-0.2, -0.15) is 5.26 Å². The Bertz CT molecular complexity index is 1180. The Hall–Kier alpha value is -3.31. The lowest BCUT2D eigenvalue weighted by Gasteiger charge is -2.14. The van der Waals surface area contributed by atoms with Crippen molar-refractivity contribution in [2.24, 2.45) is 0 Å². The van der Waals surface area contributed by atoms with Gasteiger partial charge in [0.1, 0.15) is 11.9 Å². The standard InChI is InChI=1S/C23H22BrN3O4/c1-4-29-20-11-15(10-17(24)22(20)31-13-21(28)30-5-2)9-16(12-25)23-26-18-7-6-14(3)8-19(18)27-23/h6-11H,4-5,13H2,1-3H3,(H,26,27)/b16-9-. The maximum Gasteiger partial charge on any atom is 0.344 e. The van der Waals surface area contributed by atoms with Gasteiger partial charge in [-0.05, 0) is 78.2 Å². The van der Waals surface area contributed by atoms with E-state index < -0.39 is 5.97 Å². The molecule has 31 heavy (non-hydrogen) atoms. The van der Waals surface area contributed by atoms with Crippen LogP contribution in [-0.2, 0) is 9.53 Å². The van der Waals surface area contributed by atoms with Crippen LogP contribution in [0.4, 0.5) is 0 Å². The minimum atomic E-state index is -0.465. The summed E-state index contributed by atoms with van der Waals surface area (Å²) in [5.74, 6) is 0.863. The van der Waals surface area contributed by atoms with Crippen LogP contribution in [0.3, 0.4) is 0 Å². The summed E-state index contributed by atoms with van der Waals surface area (Å²) in [6.45, 7) is 6.04. The summed E-state index contributed by atoms with van der Waals surface area (Å²) in [6.07, 6.45) is 1.72. The zero-order chi connectivity index (χ0) is 22.4. The van der Waals surface area contributed by atoms with Gasteiger partial charge in [0.25, 0.3) is 0 Å². The predicted octanol–water partition coefficient (Wildman–Crippen LogP) is 5.04. The lowest BCUT2D eigenvalue weighted by Crippen LogP contribution is -2.15. The number of nitrogens with one attached hydrogen (secondary N) is 1. The van der Waals surface area contributed by atoms with Gasteiger partial charge in [0, 0.05) is 0 Å². The number of esters is 1. The van der Waals surface area contributed by atoms with Crippen LogP contribution in [0.15, 0.2) is 34.8 Å². The van der Waals surface area contributed by atoms with Crippen molar-refractivity contribution in [3.8, 4) is 17.6 Å². The Morgan fingerprint density at radius 1 is 1.23 bits per heavy atom. The zero-order valence-corrected chi connectivity index (χ0v) is 19.1. The Morgan fingerprint density at radius 2 is 2.03 bits per heavy atom. The fraction of sp³-hybridized carbons (Fsp3) is 0.261. The van der Waals surface area contributed by atoms with Gasteiger partial charge in [-0.1, -0.05) is 6.07 Å². The number of fused-ring (bicyclic) bond motifs is 1. The largest absolute Gasteiger partial charge is 0.490 e. The molecule has 0 unspecified atom stereocenters. The van der Waals surface area contributed by atoms with E-state index in [9.17, 15) is 10.1 Å². The second-order valence-corrected chi connectivity index (χ2v) is 7.49. The van der Waals surface area contributed by atoms with Crippen molar-refractivity contribution in [3.05, 3.63) is 51.8 Å². The third-order valence-corrected chi connectivity index (χ3v) is 4.88. The zero-order valence-electron chi connectivity index (χ0n) is 17.5. The van der Waals surface area contributed by atoms with Crippen molar-refractivity contribution >= 4 is 44.6 Å². The fourth-order valence-electron chi connectivity index (χ4n) is 2.98. The number of hydrogen-bond donors (Lipinski definition) is 1. The fourth-order valence-corrected chi connectivity index (χ4v) is 3.55. The minimum Gasteiger partial charge on any atom is -0.490 e. The number of aryl methyl sites for hydroxylation is 1. The molecule has 0 bridgehead atoms. The summed E-state index contributed by atoms with van der Waals surface area (Å²) >= 11 is 3.47. The number of benzene rings is 2. The second kappa shape index (κ2) is 10.1. The van der Waals surface area contributed by atoms with Crippen LogP contribution < -0.4 is 9.47 Å². The monoisotopic (exact) mass is 483 g/mol. The molecule has 2 aromatic carbocycles. The Balaban J connectivity index is 1.95. The molecule has 0 aliphatic carbocycles. The molecule has 3 aromatic rings.